The van der Waals surface area contributed by atoms with Gasteiger partial charge in [-0.05, 0) is 59.5 Å². The molecule has 2 aliphatic heterocycles. The van der Waals surface area contributed by atoms with Gasteiger partial charge in [0.15, 0.2) is 0 Å². The van der Waals surface area contributed by atoms with E-state index in [9.17, 15) is 4.79 Å². The topological polar surface area (TPSA) is 35.6 Å². The predicted molar refractivity (Wildman–Crippen MR) is 78.1 cm³/mol. The summed E-state index contributed by atoms with van der Waals surface area (Å²) in [5.41, 5.74) is 0. The lowest BCUT2D eigenvalue weighted by atomic mass is 9.97. The second-order valence-electron chi connectivity index (χ2n) is 6.35. The van der Waals surface area contributed by atoms with Crippen molar-refractivity contribution in [3.05, 3.63) is 0 Å². The number of piperidine rings is 2. The molecule has 0 aromatic carbocycles. The standard InChI is InChI=1S/C15H29N3O/c1-12-6-4-7-13(2)18(12)15(19)11-17(3)14-8-5-9-16-10-14/h12-14,16H,4-11H2,1-3H3. The highest BCUT2D eigenvalue weighted by molar-refractivity contribution is 5.79. The molecule has 4 nitrogen and oxygen atoms in total. The largest absolute Gasteiger partial charge is 0.336 e. The van der Waals surface area contributed by atoms with Crippen LogP contribution in [0.25, 0.3) is 0 Å². The zero-order valence-corrected chi connectivity index (χ0v) is 12.7. The number of likely N-dealkylation sites (tertiary alicyclic amines) is 1. The molecule has 4 heteroatoms. The maximum atomic E-state index is 12.5. The van der Waals surface area contributed by atoms with Gasteiger partial charge in [0.25, 0.3) is 0 Å². The molecule has 0 aromatic heterocycles. The van der Waals surface area contributed by atoms with E-state index in [0.717, 1.165) is 25.9 Å². The van der Waals surface area contributed by atoms with Crippen LogP contribution in [0, 0.1) is 0 Å². The molecule has 110 valence electrons. The van der Waals surface area contributed by atoms with Crippen molar-refractivity contribution in [1.82, 2.24) is 15.1 Å². The maximum Gasteiger partial charge on any atom is 0.237 e. The Morgan fingerprint density at radius 1 is 1.21 bits per heavy atom. The second-order valence-corrected chi connectivity index (χ2v) is 6.35. The molecule has 0 aromatic rings. The summed E-state index contributed by atoms with van der Waals surface area (Å²) in [6, 6.07) is 1.34. The van der Waals surface area contributed by atoms with Gasteiger partial charge in [-0.1, -0.05) is 0 Å². The van der Waals surface area contributed by atoms with Crippen LogP contribution in [0.2, 0.25) is 0 Å². The van der Waals surface area contributed by atoms with Gasteiger partial charge in [0.2, 0.25) is 5.91 Å². The van der Waals surface area contributed by atoms with Crippen LogP contribution in [-0.2, 0) is 4.79 Å². The van der Waals surface area contributed by atoms with E-state index in [0.29, 0.717) is 30.6 Å². The molecule has 0 radical (unpaired) electrons. The highest BCUT2D eigenvalue weighted by Crippen LogP contribution is 2.23. The summed E-state index contributed by atoms with van der Waals surface area (Å²) in [6.07, 6.45) is 6.01. The van der Waals surface area contributed by atoms with Crippen LogP contribution in [0.3, 0.4) is 0 Å². The fraction of sp³-hybridized carbons (Fsp3) is 0.933. The number of hydrogen-bond acceptors (Lipinski definition) is 3. The highest BCUT2D eigenvalue weighted by Gasteiger charge is 2.30. The number of hydrogen-bond donors (Lipinski definition) is 1. The molecule has 19 heavy (non-hydrogen) atoms. The van der Waals surface area contributed by atoms with Gasteiger partial charge < -0.3 is 10.2 Å². The fourth-order valence-corrected chi connectivity index (χ4v) is 3.55. The van der Waals surface area contributed by atoms with Gasteiger partial charge in [-0.2, -0.15) is 0 Å². The van der Waals surface area contributed by atoms with Crippen LogP contribution in [-0.4, -0.2) is 60.5 Å². The molecule has 3 atom stereocenters. The summed E-state index contributed by atoms with van der Waals surface area (Å²) in [4.78, 5) is 16.9. The third-order valence-electron chi connectivity index (χ3n) is 4.76. The van der Waals surface area contributed by atoms with Crippen molar-refractivity contribution >= 4 is 5.91 Å². The molecule has 3 unspecified atom stereocenters. The minimum Gasteiger partial charge on any atom is -0.336 e. The molecule has 0 spiro atoms. The van der Waals surface area contributed by atoms with Crippen molar-refractivity contribution in [3.63, 3.8) is 0 Å². The quantitative estimate of drug-likeness (QED) is 0.841. The average molecular weight is 267 g/mol. The maximum absolute atomic E-state index is 12.5. The minimum absolute atomic E-state index is 0.313. The van der Waals surface area contributed by atoms with E-state index in [1.54, 1.807) is 0 Å². The van der Waals surface area contributed by atoms with Gasteiger partial charge in [0, 0.05) is 24.7 Å². The predicted octanol–water partition coefficient (Wildman–Crippen LogP) is 1.46. The fourth-order valence-electron chi connectivity index (χ4n) is 3.55. The zero-order chi connectivity index (χ0) is 13.8. The normalized spacial score (nSPS) is 32.6. The van der Waals surface area contributed by atoms with Gasteiger partial charge in [-0.3, -0.25) is 9.69 Å². The molecule has 0 saturated carbocycles. The van der Waals surface area contributed by atoms with Crippen molar-refractivity contribution in [2.75, 3.05) is 26.7 Å². The lowest BCUT2D eigenvalue weighted by Gasteiger charge is -2.41. The van der Waals surface area contributed by atoms with Gasteiger partial charge in [-0.25, -0.2) is 0 Å². The van der Waals surface area contributed by atoms with Gasteiger partial charge in [0.1, 0.15) is 0 Å². The second kappa shape index (κ2) is 6.71. The Bertz CT molecular complexity index is 292. The molecular weight excluding hydrogens is 238 g/mol. The van der Waals surface area contributed by atoms with Crippen molar-refractivity contribution in [3.8, 4) is 0 Å². The van der Waals surface area contributed by atoms with Crippen molar-refractivity contribution in [2.45, 2.75) is 64.1 Å². The molecule has 2 fully saturated rings. The molecule has 1 N–H and O–H groups in total. The van der Waals surface area contributed by atoms with Crippen LogP contribution < -0.4 is 5.32 Å². The Kier molecular flexibility index (Phi) is 5.22. The zero-order valence-electron chi connectivity index (χ0n) is 12.7. The summed E-state index contributed by atoms with van der Waals surface area (Å²) in [5.74, 6) is 0.313. The van der Waals surface area contributed by atoms with Crippen LogP contribution in [0.1, 0.15) is 46.0 Å². The summed E-state index contributed by atoms with van der Waals surface area (Å²) >= 11 is 0. The summed E-state index contributed by atoms with van der Waals surface area (Å²) in [7, 11) is 2.09. The molecule has 2 aliphatic rings. The lowest BCUT2D eigenvalue weighted by Crippen LogP contribution is -2.53. The number of nitrogens with zero attached hydrogens (tertiary/aromatic N) is 2. The van der Waals surface area contributed by atoms with E-state index in [2.05, 4.69) is 36.0 Å². The number of amides is 1. The van der Waals surface area contributed by atoms with E-state index in [-0.39, 0.29) is 0 Å². The van der Waals surface area contributed by atoms with Crippen LogP contribution in [0.4, 0.5) is 0 Å². The van der Waals surface area contributed by atoms with Crippen molar-refractivity contribution < 1.29 is 4.79 Å². The summed E-state index contributed by atoms with van der Waals surface area (Å²) in [5, 5.41) is 3.42. The van der Waals surface area contributed by atoms with Crippen LogP contribution in [0.15, 0.2) is 0 Å². The lowest BCUT2D eigenvalue weighted by molar-refractivity contribution is -0.138. The Balaban J connectivity index is 1.88. The Hall–Kier alpha value is -0.610. The number of carbonyl (C=O) groups is 1. The molecule has 2 rings (SSSR count). The molecule has 0 aliphatic carbocycles. The van der Waals surface area contributed by atoms with E-state index in [4.69, 9.17) is 0 Å². The SMILES string of the molecule is CC1CCCC(C)N1C(=O)CN(C)C1CCCNC1. The van der Waals surface area contributed by atoms with Crippen LogP contribution >= 0.6 is 0 Å². The van der Waals surface area contributed by atoms with E-state index >= 15 is 0 Å². The smallest absolute Gasteiger partial charge is 0.237 e. The van der Waals surface area contributed by atoms with E-state index in [1.165, 1.54) is 19.3 Å². The van der Waals surface area contributed by atoms with Crippen molar-refractivity contribution in [1.29, 1.82) is 0 Å². The monoisotopic (exact) mass is 267 g/mol. The molecule has 2 saturated heterocycles. The van der Waals surface area contributed by atoms with Gasteiger partial charge in [-0.15, -0.1) is 0 Å². The molecular formula is C15H29N3O. The first-order valence-electron chi connectivity index (χ1n) is 7.81. The Morgan fingerprint density at radius 2 is 1.89 bits per heavy atom. The number of likely N-dealkylation sites (N-methyl/N-ethyl adjacent to an activating group) is 1. The first kappa shape index (κ1) is 14.8. The number of nitrogens with one attached hydrogen (secondary N) is 1. The van der Waals surface area contributed by atoms with Gasteiger partial charge >= 0.3 is 0 Å². The number of carbonyl (C=O) groups excluding carboxylic acids is 1. The summed E-state index contributed by atoms with van der Waals surface area (Å²) < 4.78 is 0. The van der Waals surface area contributed by atoms with Crippen molar-refractivity contribution in [2.24, 2.45) is 0 Å². The Morgan fingerprint density at radius 3 is 2.47 bits per heavy atom. The third-order valence-corrected chi connectivity index (χ3v) is 4.76. The minimum atomic E-state index is 0.313. The van der Waals surface area contributed by atoms with E-state index in [1.807, 2.05) is 0 Å². The van der Waals surface area contributed by atoms with Gasteiger partial charge in [0.05, 0.1) is 6.54 Å². The molecule has 0 bridgehead atoms. The summed E-state index contributed by atoms with van der Waals surface area (Å²) in [6.45, 7) is 7.10. The number of rotatable bonds is 3. The Labute approximate surface area is 117 Å². The highest BCUT2D eigenvalue weighted by atomic mass is 16.2. The molecule has 2 heterocycles. The average Bonchev–Trinajstić information content (AvgIpc) is 2.39. The first-order chi connectivity index (χ1) is 9.09. The van der Waals surface area contributed by atoms with Crippen LogP contribution in [0.5, 0.6) is 0 Å². The first-order valence-corrected chi connectivity index (χ1v) is 7.81. The molecule has 1 amide bonds. The third kappa shape index (κ3) is 3.69. The van der Waals surface area contributed by atoms with E-state index < -0.39 is 0 Å².